The molecule has 0 aliphatic carbocycles. The lowest BCUT2D eigenvalue weighted by molar-refractivity contribution is -0.136. The molecular formula is C25H27N3O4S. The highest BCUT2D eigenvalue weighted by atomic mass is 32.2. The van der Waals surface area contributed by atoms with E-state index >= 15 is 0 Å². The number of rotatable bonds is 6. The predicted octanol–water partition coefficient (Wildman–Crippen LogP) is 3.31. The molecule has 2 N–H and O–H groups in total. The van der Waals surface area contributed by atoms with E-state index < -0.39 is 21.8 Å². The van der Waals surface area contributed by atoms with Gasteiger partial charge < -0.3 is 10.6 Å². The molecule has 2 amide bonds. The summed E-state index contributed by atoms with van der Waals surface area (Å²) in [5, 5.41) is 7.12. The standard InChI is InChI=1S/C25H27N3O4S/c29-24(25(30)27-23-10-6-8-20-7-2-3-9-22(20)23)26-16-15-19-11-13-21(14-12-19)33(31,32)28-17-4-1-5-18-28/h2-3,6-14H,1,4-5,15-18H2,(H,26,29)(H,27,30). The molecule has 0 bridgehead atoms. The second-order valence-electron chi connectivity index (χ2n) is 8.10. The van der Waals surface area contributed by atoms with Gasteiger partial charge in [-0.15, -0.1) is 0 Å². The van der Waals surface area contributed by atoms with Crippen LogP contribution < -0.4 is 10.6 Å². The van der Waals surface area contributed by atoms with E-state index in [4.69, 9.17) is 0 Å². The van der Waals surface area contributed by atoms with E-state index in [0.29, 0.717) is 25.2 Å². The summed E-state index contributed by atoms with van der Waals surface area (Å²) < 4.78 is 27.0. The van der Waals surface area contributed by atoms with E-state index in [9.17, 15) is 18.0 Å². The minimum atomic E-state index is -3.46. The maximum atomic E-state index is 12.7. The quantitative estimate of drug-likeness (QED) is 0.546. The third kappa shape index (κ3) is 5.40. The Labute approximate surface area is 193 Å². The van der Waals surface area contributed by atoms with Crippen LogP contribution in [0.4, 0.5) is 5.69 Å². The number of carbonyl (C=O) groups is 2. The largest absolute Gasteiger partial charge is 0.347 e. The van der Waals surface area contributed by atoms with E-state index in [1.165, 1.54) is 0 Å². The zero-order valence-electron chi connectivity index (χ0n) is 18.3. The Morgan fingerprint density at radius 1 is 0.818 bits per heavy atom. The van der Waals surface area contributed by atoms with Gasteiger partial charge in [0.2, 0.25) is 10.0 Å². The lowest BCUT2D eigenvalue weighted by Crippen LogP contribution is -2.36. The fourth-order valence-corrected chi connectivity index (χ4v) is 5.51. The normalized spacial score (nSPS) is 14.7. The Kier molecular flexibility index (Phi) is 7.05. The van der Waals surface area contributed by atoms with Crippen molar-refractivity contribution >= 4 is 38.3 Å². The molecular weight excluding hydrogens is 438 g/mol. The molecule has 0 saturated carbocycles. The van der Waals surface area contributed by atoms with E-state index in [1.807, 2.05) is 36.4 Å². The molecule has 7 nitrogen and oxygen atoms in total. The number of hydrogen-bond acceptors (Lipinski definition) is 4. The molecule has 3 aromatic carbocycles. The Bertz CT molecular complexity index is 1240. The molecule has 4 rings (SSSR count). The number of fused-ring (bicyclic) bond motifs is 1. The van der Waals surface area contributed by atoms with Crippen molar-refractivity contribution < 1.29 is 18.0 Å². The lowest BCUT2D eigenvalue weighted by Gasteiger charge is -2.25. The van der Waals surface area contributed by atoms with E-state index in [2.05, 4.69) is 10.6 Å². The first kappa shape index (κ1) is 22.9. The Morgan fingerprint density at radius 3 is 2.27 bits per heavy atom. The Balaban J connectivity index is 1.30. The monoisotopic (exact) mass is 465 g/mol. The number of hydrogen-bond donors (Lipinski definition) is 2. The molecule has 1 aliphatic heterocycles. The van der Waals surface area contributed by atoms with Crippen molar-refractivity contribution in [3.05, 3.63) is 72.3 Å². The van der Waals surface area contributed by atoms with E-state index in [0.717, 1.165) is 35.6 Å². The summed E-state index contributed by atoms with van der Waals surface area (Å²) in [4.78, 5) is 24.8. The molecule has 33 heavy (non-hydrogen) atoms. The van der Waals surface area contributed by atoms with Gasteiger partial charge in [0.05, 0.1) is 4.90 Å². The van der Waals surface area contributed by atoms with Crippen molar-refractivity contribution in [2.45, 2.75) is 30.6 Å². The van der Waals surface area contributed by atoms with Crippen LogP contribution in [0.25, 0.3) is 10.8 Å². The average Bonchev–Trinajstić information content (AvgIpc) is 2.85. The summed E-state index contributed by atoms with van der Waals surface area (Å²) in [6, 6.07) is 19.8. The molecule has 1 saturated heterocycles. The molecule has 1 aliphatic rings. The van der Waals surface area contributed by atoms with Gasteiger partial charge in [-0.2, -0.15) is 4.31 Å². The van der Waals surface area contributed by atoms with Gasteiger partial charge in [0.1, 0.15) is 0 Å². The minimum absolute atomic E-state index is 0.264. The second kappa shape index (κ2) is 10.1. The van der Waals surface area contributed by atoms with Crippen LogP contribution >= 0.6 is 0 Å². The summed E-state index contributed by atoms with van der Waals surface area (Å²) in [6.07, 6.45) is 3.34. The van der Waals surface area contributed by atoms with Gasteiger partial charge in [0, 0.05) is 30.7 Å². The van der Waals surface area contributed by atoms with Crippen molar-refractivity contribution in [2.24, 2.45) is 0 Å². The third-order valence-corrected chi connectivity index (χ3v) is 7.73. The van der Waals surface area contributed by atoms with Crippen LogP contribution in [0.1, 0.15) is 24.8 Å². The number of anilines is 1. The van der Waals surface area contributed by atoms with E-state index in [1.54, 1.807) is 34.6 Å². The van der Waals surface area contributed by atoms with E-state index in [-0.39, 0.29) is 11.4 Å². The van der Waals surface area contributed by atoms with Crippen LogP contribution in [0.5, 0.6) is 0 Å². The Morgan fingerprint density at radius 2 is 1.52 bits per heavy atom. The van der Waals surface area contributed by atoms with Crippen LogP contribution in [0.2, 0.25) is 0 Å². The highest BCUT2D eigenvalue weighted by molar-refractivity contribution is 7.89. The molecule has 0 unspecified atom stereocenters. The van der Waals surface area contributed by atoms with Crippen LogP contribution in [-0.2, 0) is 26.0 Å². The molecule has 8 heteroatoms. The molecule has 3 aromatic rings. The highest BCUT2D eigenvalue weighted by Gasteiger charge is 2.25. The van der Waals surface area contributed by atoms with Gasteiger partial charge in [-0.3, -0.25) is 9.59 Å². The van der Waals surface area contributed by atoms with Crippen molar-refractivity contribution in [1.82, 2.24) is 9.62 Å². The predicted molar refractivity (Wildman–Crippen MR) is 128 cm³/mol. The second-order valence-corrected chi connectivity index (χ2v) is 10.0. The summed E-state index contributed by atoms with van der Waals surface area (Å²) in [7, 11) is -3.46. The number of nitrogens with zero attached hydrogens (tertiary/aromatic N) is 1. The Hall–Kier alpha value is -3.23. The van der Waals surface area contributed by atoms with Crippen LogP contribution in [-0.4, -0.2) is 44.2 Å². The van der Waals surface area contributed by atoms with Crippen molar-refractivity contribution in [1.29, 1.82) is 0 Å². The SMILES string of the molecule is O=C(NCCc1ccc(S(=O)(=O)N2CCCCC2)cc1)C(=O)Nc1cccc2ccccc12. The van der Waals surface area contributed by atoms with Gasteiger partial charge in [-0.1, -0.05) is 55.0 Å². The lowest BCUT2D eigenvalue weighted by atomic mass is 10.1. The molecule has 1 heterocycles. The fourth-order valence-electron chi connectivity index (χ4n) is 4.00. The average molecular weight is 466 g/mol. The maximum absolute atomic E-state index is 12.7. The summed E-state index contributed by atoms with van der Waals surface area (Å²) >= 11 is 0. The van der Waals surface area contributed by atoms with Gasteiger partial charge in [0.15, 0.2) is 0 Å². The van der Waals surface area contributed by atoms with Crippen LogP contribution in [0, 0.1) is 0 Å². The number of amides is 2. The minimum Gasteiger partial charge on any atom is -0.347 e. The van der Waals surface area contributed by atoms with Crippen molar-refractivity contribution in [3.63, 3.8) is 0 Å². The molecule has 172 valence electrons. The van der Waals surface area contributed by atoms with Gasteiger partial charge in [0.25, 0.3) is 0 Å². The zero-order chi connectivity index (χ0) is 23.3. The molecule has 1 fully saturated rings. The molecule has 0 spiro atoms. The summed E-state index contributed by atoms with van der Waals surface area (Å²) in [5.74, 6) is -1.44. The number of nitrogens with one attached hydrogen (secondary N) is 2. The fraction of sp³-hybridized carbons (Fsp3) is 0.280. The number of piperidine rings is 1. The molecule has 0 atom stereocenters. The van der Waals surface area contributed by atoms with Crippen LogP contribution in [0.3, 0.4) is 0 Å². The highest BCUT2D eigenvalue weighted by Crippen LogP contribution is 2.23. The first-order valence-electron chi connectivity index (χ1n) is 11.1. The summed E-state index contributed by atoms with van der Waals surface area (Å²) in [6.45, 7) is 1.40. The first-order valence-corrected chi connectivity index (χ1v) is 12.6. The van der Waals surface area contributed by atoms with Gasteiger partial charge >= 0.3 is 11.8 Å². The maximum Gasteiger partial charge on any atom is 0.313 e. The molecule has 0 radical (unpaired) electrons. The molecule has 0 aromatic heterocycles. The number of sulfonamides is 1. The number of carbonyl (C=O) groups excluding carboxylic acids is 2. The third-order valence-electron chi connectivity index (χ3n) is 5.82. The van der Waals surface area contributed by atoms with Crippen molar-refractivity contribution in [3.8, 4) is 0 Å². The van der Waals surface area contributed by atoms with Crippen molar-refractivity contribution in [2.75, 3.05) is 25.0 Å². The van der Waals surface area contributed by atoms with Crippen LogP contribution in [0.15, 0.2) is 71.6 Å². The topological polar surface area (TPSA) is 95.6 Å². The smallest absolute Gasteiger partial charge is 0.313 e. The van der Waals surface area contributed by atoms with Gasteiger partial charge in [-0.25, -0.2) is 8.42 Å². The zero-order valence-corrected chi connectivity index (χ0v) is 19.1. The van der Waals surface area contributed by atoms with Gasteiger partial charge in [-0.05, 0) is 48.4 Å². The number of benzene rings is 3. The summed E-state index contributed by atoms with van der Waals surface area (Å²) in [5.41, 5.74) is 1.46. The first-order chi connectivity index (χ1) is 15.9.